The van der Waals surface area contributed by atoms with Crippen LogP contribution in [-0.4, -0.2) is 21.8 Å². The molecule has 0 radical (unpaired) electrons. The number of rotatable bonds is 2. The van der Waals surface area contributed by atoms with Gasteiger partial charge in [0.25, 0.3) is 5.91 Å². The first-order valence-corrected chi connectivity index (χ1v) is 7.55. The van der Waals surface area contributed by atoms with Crippen LogP contribution in [0.2, 0.25) is 0 Å². The van der Waals surface area contributed by atoms with Crippen molar-refractivity contribution in [2.24, 2.45) is 0 Å². The fourth-order valence-corrected chi connectivity index (χ4v) is 2.84. The van der Waals surface area contributed by atoms with Crippen LogP contribution in [-0.2, 0) is 11.2 Å². The number of hydrogen-bond donors (Lipinski definition) is 4. The van der Waals surface area contributed by atoms with Gasteiger partial charge in [0.05, 0.1) is 11.0 Å². The molecule has 3 aromatic rings. The molecule has 0 saturated carbocycles. The summed E-state index contributed by atoms with van der Waals surface area (Å²) < 4.78 is 0. The van der Waals surface area contributed by atoms with E-state index in [0.717, 1.165) is 11.3 Å². The summed E-state index contributed by atoms with van der Waals surface area (Å²) in [7, 11) is 0. The van der Waals surface area contributed by atoms with Crippen molar-refractivity contribution >= 4 is 34.2 Å². The van der Waals surface area contributed by atoms with Crippen molar-refractivity contribution in [1.29, 1.82) is 0 Å². The lowest BCUT2D eigenvalue weighted by Gasteiger charge is -2.17. The Labute approximate surface area is 136 Å². The molecule has 0 aliphatic carbocycles. The molecule has 4 rings (SSSR count). The molecule has 2 heterocycles. The number of benzene rings is 2. The van der Waals surface area contributed by atoms with Gasteiger partial charge in [-0.25, -0.2) is 4.79 Å². The molecule has 2 aromatic carbocycles. The molecule has 1 aliphatic heterocycles. The Hall–Kier alpha value is -3.35. The zero-order valence-corrected chi connectivity index (χ0v) is 12.6. The Morgan fingerprint density at radius 2 is 1.79 bits per heavy atom. The molecule has 120 valence electrons. The summed E-state index contributed by atoms with van der Waals surface area (Å²) in [5, 5.41) is 5.60. The van der Waals surface area contributed by atoms with E-state index in [-0.39, 0.29) is 17.5 Å². The third-order valence-corrected chi connectivity index (χ3v) is 4.04. The zero-order chi connectivity index (χ0) is 16.7. The van der Waals surface area contributed by atoms with Gasteiger partial charge >= 0.3 is 5.69 Å². The molecule has 24 heavy (non-hydrogen) atoms. The van der Waals surface area contributed by atoms with Crippen molar-refractivity contribution in [2.75, 3.05) is 10.6 Å². The minimum atomic E-state index is -0.287. The van der Waals surface area contributed by atoms with Crippen LogP contribution in [0.1, 0.15) is 22.3 Å². The normalized spacial score (nSPS) is 13.4. The molecular formula is C17H14N4O3. The Morgan fingerprint density at radius 3 is 2.67 bits per heavy atom. The average molecular weight is 322 g/mol. The summed E-state index contributed by atoms with van der Waals surface area (Å²) in [5.41, 5.74) is 3.85. The molecule has 2 amide bonds. The van der Waals surface area contributed by atoms with Crippen LogP contribution < -0.4 is 16.3 Å². The van der Waals surface area contributed by atoms with Crippen molar-refractivity contribution in [2.45, 2.75) is 12.8 Å². The van der Waals surface area contributed by atoms with Gasteiger partial charge in [0.1, 0.15) is 0 Å². The first-order chi connectivity index (χ1) is 11.6. The average Bonchev–Trinajstić information content (AvgIpc) is 2.93. The largest absolute Gasteiger partial charge is 0.326 e. The highest BCUT2D eigenvalue weighted by molar-refractivity contribution is 6.06. The van der Waals surface area contributed by atoms with Crippen LogP contribution in [0.15, 0.2) is 41.2 Å². The number of aromatic amines is 2. The van der Waals surface area contributed by atoms with E-state index >= 15 is 0 Å². The van der Waals surface area contributed by atoms with Gasteiger partial charge in [-0.1, -0.05) is 0 Å². The predicted octanol–water partition coefficient (Wildman–Crippen LogP) is 1.99. The minimum absolute atomic E-state index is 0.00602. The molecule has 0 atom stereocenters. The maximum absolute atomic E-state index is 12.4. The highest BCUT2D eigenvalue weighted by Crippen LogP contribution is 2.24. The number of nitrogens with one attached hydrogen (secondary N) is 4. The van der Waals surface area contributed by atoms with Gasteiger partial charge in [-0.3, -0.25) is 9.59 Å². The van der Waals surface area contributed by atoms with Crippen molar-refractivity contribution in [3.8, 4) is 0 Å². The molecule has 1 aromatic heterocycles. The third-order valence-electron chi connectivity index (χ3n) is 4.04. The maximum atomic E-state index is 12.4. The van der Waals surface area contributed by atoms with Crippen molar-refractivity contribution in [1.82, 2.24) is 9.97 Å². The molecule has 0 spiro atoms. The van der Waals surface area contributed by atoms with Gasteiger partial charge in [-0.2, -0.15) is 0 Å². The summed E-state index contributed by atoms with van der Waals surface area (Å²) in [4.78, 5) is 40.4. The summed E-state index contributed by atoms with van der Waals surface area (Å²) in [6, 6.07) is 10.4. The van der Waals surface area contributed by atoms with Crippen LogP contribution in [0.25, 0.3) is 11.0 Å². The first kappa shape index (κ1) is 14.3. The summed E-state index contributed by atoms with van der Waals surface area (Å²) in [6.45, 7) is 0. The minimum Gasteiger partial charge on any atom is -0.326 e. The van der Waals surface area contributed by atoms with Crippen molar-refractivity contribution in [3.63, 3.8) is 0 Å². The van der Waals surface area contributed by atoms with E-state index in [0.29, 0.717) is 35.1 Å². The molecule has 0 fully saturated rings. The number of aromatic nitrogens is 2. The number of fused-ring (bicyclic) bond motifs is 2. The number of H-pyrrole nitrogens is 2. The fourth-order valence-electron chi connectivity index (χ4n) is 2.84. The Kier molecular flexibility index (Phi) is 3.19. The standard InChI is InChI=1S/C17H14N4O3/c22-15-6-2-9-7-10(1-4-12(9)19-15)16(23)18-11-3-5-13-14(8-11)21-17(24)20-13/h1,3-5,7-8H,2,6H2,(H,18,23)(H,19,22)(H2,20,21,24). The maximum Gasteiger partial charge on any atom is 0.323 e. The van der Waals surface area contributed by atoms with Crippen molar-refractivity contribution < 1.29 is 9.59 Å². The van der Waals surface area contributed by atoms with Gasteiger partial charge in [0, 0.05) is 23.4 Å². The zero-order valence-electron chi connectivity index (χ0n) is 12.6. The molecule has 7 heteroatoms. The van der Waals surface area contributed by atoms with E-state index in [4.69, 9.17) is 0 Å². The van der Waals surface area contributed by atoms with Crippen LogP contribution in [0, 0.1) is 0 Å². The summed E-state index contributed by atoms with van der Waals surface area (Å²) in [6.07, 6.45) is 1.05. The Morgan fingerprint density at radius 1 is 0.958 bits per heavy atom. The van der Waals surface area contributed by atoms with Crippen LogP contribution in [0.5, 0.6) is 0 Å². The van der Waals surface area contributed by atoms with E-state index in [1.54, 1.807) is 36.4 Å². The topological polar surface area (TPSA) is 107 Å². The fraction of sp³-hybridized carbons (Fsp3) is 0.118. The number of carbonyl (C=O) groups is 2. The summed E-state index contributed by atoms with van der Waals surface area (Å²) >= 11 is 0. The molecule has 4 N–H and O–H groups in total. The number of amides is 2. The monoisotopic (exact) mass is 322 g/mol. The molecule has 0 unspecified atom stereocenters. The second-order valence-corrected chi connectivity index (χ2v) is 5.71. The van der Waals surface area contributed by atoms with Gasteiger partial charge in [0.15, 0.2) is 0 Å². The molecule has 7 nitrogen and oxygen atoms in total. The molecule has 0 bridgehead atoms. The van der Waals surface area contributed by atoms with Gasteiger partial charge in [-0.05, 0) is 48.4 Å². The van der Waals surface area contributed by atoms with E-state index in [1.165, 1.54) is 0 Å². The van der Waals surface area contributed by atoms with Crippen molar-refractivity contribution in [3.05, 3.63) is 58.0 Å². The van der Waals surface area contributed by atoms with Gasteiger partial charge in [0.2, 0.25) is 5.91 Å². The highest BCUT2D eigenvalue weighted by Gasteiger charge is 2.16. The Bertz CT molecular complexity index is 1030. The molecule has 0 saturated heterocycles. The number of imidazole rings is 1. The SMILES string of the molecule is O=C1CCc2cc(C(=O)Nc3ccc4[nH]c(=O)[nH]c4c3)ccc2N1. The first-order valence-electron chi connectivity index (χ1n) is 7.55. The number of anilines is 2. The lowest BCUT2D eigenvalue weighted by Crippen LogP contribution is -2.20. The lowest BCUT2D eigenvalue weighted by molar-refractivity contribution is -0.116. The molecular weight excluding hydrogens is 308 g/mol. The Balaban J connectivity index is 1.59. The van der Waals surface area contributed by atoms with E-state index in [9.17, 15) is 14.4 Å². The number of carbonyl (C=O) groups excluding carboxylic acids is 2. The second-order valence-electron chi connectivity index (χ2n) is 5.71. The van der Waals surface area contributed by atoms with E-state index in [1.807, 2.05) is 0 Å². The highest BCUT2D eigenvalue weighted by atomic mass is 16.2. The lowest BCUT2D eigenvalue weighted by atomic mass is 10.00. The van der Waals surface area contributed by atoms with Gasteiger partial charge in [-0.15, -0.1) is 0 Å². The van der Waals surface area contributed by atoms with E-state index < -0.39 is 0 Å². The summed E-state index contributed by atoms with van der Waals surface area (Å²) in [5.74, 6) is -0.250. The van der Waals surface area contributed by atoms with Crippen LogP contribution >= 0.6 is 0 Å². The van der Waals surface area contributed by atoms with Crippen LogP contribution in [0.3, 0.4) is 0 Å². The molecule has 1 aliphatic rings. The predicted molar refractivity (Wildman–Crippen MR) is 90.3 cm³/mol. The van der Waals surface area contributed by atoms with E-state index in [2.05, 4.69) is 20.6 Å². The third kappa shape index (κ3) is 2.56. The van der Waals surface area contributed by atoms with Gasteiger partial charge < -0.3 is 20.6 Å². The smallest absolute Gasteiger partial charge is 0.323 e. The number of hydrogen-bond acceptors (Lipinski definition) is 3. The number of aryl methyl sites for hydroxylation is 1. The quantitative estimate of drug-likeness (QED) is 0.579. The van der Waals surface area contributed by atoms with Crippen LogP contribution in [0.4, 0.5) is 11.4 Å². The second kappa shape index (κ2) is 5.38.